The van der Waals surface area contributed by atoms with E-state index in [-0.39, 0.29) is 0 Å². The van der Waals surface area contributed by atoms with Crippen LogP contribution in [0, 0.1) is 5.41 Å². The van der Waals surface area contributed by atoms with Gasteiger partial charge in [-0.15, -0.1) is 0 Å². The molecule has 0 unspecified atom stereocenters. The maximum atomic E-state index is 4.33. The first kappa shape index (κ1) is 11.6. The van der Waals surface area contributed by atoms with Crippen LogP contribution < -0.4 is 5.32 Å². The second kappa shape index (κ2) is 4.96. The van der Waals surface area contributed by atoms with Crippen LogP contribution in [0.3, 0.4) is 0 Å². The Bertz CT molecular complexity index is 309. The molecule has 88 valence electrons. The molecule has 2 rings (SSSR count). The number of pyridine rings is 1. The maximum Gasteiger partial charge on any atom is 0.0541 e. The first-order valence-corrected chi connectivity index (χ1v) is 6.29. The summed E-state index contributed by atoms with van der Waals surface area (Å²) < 4.78 is 0. The van der Waals surface area contributed by atoms with Crippen LogP contribution >= 0.6 is 0 Å². The van der Waals surface area contributed by atoms with Crippen LogP contribution in [0.4, 0.5) is 0 Å². The minimum Gasteiger partial charge on any atom is -0.308 e. The highest BCUT2D eigenvalue weighted by atomic mass is 14.9. The highest BCUT2D eigenvalue weighted by Gasteiger charge is 2.26. The van der Waals surface area contributed by atoms with Crippen LogP contribution in [0.2, 0.25) is 0 Å². The van der Waals surface area contributed by atoms with Crippen LogP contribution in [0.5, 0.6) is 0 Å². The maximum absolute atomic E-state index is 4.33. The van der Waals surface area contributed by atoms with Gasteiger partial charge in [-0.25, -0.2) is 0 Å². The van der Waals surface area contributed by atoms with Gasteiger partial charge in [0.25, 0.3) is 0 Å². The molecule has 1 fully saturated rings. The molecular weight excluding hydrogens is 196 g/mol. The lowest BCUT2D eigenvalue weighted by molar-refractivity contribution is 0.205. The fourth-order valence-corrected chi connectivity index (χ4v) is 2.35. The molecular formula is C14H22N2. The summed E-state index contributed by atoms with van der Waals surface area (Å²) in [6.45, 7) is 5.66. The van der Waals surface area contributed by atoms with Crippen molar-refractivity contribution in [2.24, 2.45) is 5.41 Å². The first-order chi connectivity index (χ1) is 7.66. The first-order valence-electron chi connectivity index (χ1n) is 6.29. The van der Waals surface area contributed by atoms with Gasteiger partial charge in [0, 0.05) is 18.8 Å². The molecule has 1 aromatic heterocycles. The van der Waals surface area contributed by atoms with Crippen molar-refractivity contribution in [2.45, 2.75) is 52.1 Å². The van der Waals surface area contributed by atoms with Crippen molar-refractivity contribution >= 4 is 0 Å². The summed E-state index contributed by atoms with van der Waals surface area (Å²) in [5, 5.41) is 3.61. The Labute approximate surface area is 98.5 Å². The van der Waals surface area contributed by atoms with E-state index in [1.54, 1.807) is 0 Å². The predicted molar refractivity (Wildman–Crippen MR) is 67.1 cm³/mol. The third kappa shape index (κ3) is 3.31. The topological polar surface area (TPSA) is 24.9 Å². The Morgan fingerprint density at radius 1 is 1.31 bits per heavy atom. The van der Waals surface area contributed by atoms with Crippen molar-refractivity contribution in [2.75, 3.05) is 0 Å². The molecule has 0 saturated heterocycles. The molecule has 2 heteroatoms. The Morgan fingerprint density at radius 2 is 2.06 bits per heavy atom. The summed E-state index contributed by atoms with van der Waals surface area (Å²) in [5.74, 6) is 0. The number of hydrogen-bond donors (Lipinski definition) is 1. The fraction of sp³-hybridized carbons (Fsp3) is 0.643. The van der Waals surface area contributed by atoms with Crippen molar-refractivity contribution in [1.29, 1.82) is 0 Å². The Kier molecular flexibility index (Phi) is 3.59. The molecule has 1 aliphatic rings. The molecule has 1 saturated carbocycles. The Morgan fingerprint density at radius 3 is 2.69 bits per heavy atom. The number of rotatable bonds is 3. The summed E-state index contributed by atoms with van der Waals surface area (Å²) in [5.41, 5.74) is 1.70. The number of aromatic nitrogens is 1. The molecule has 0 bridgehead atoms. The monoisotopic (exact) mass is 218 g/mol. The van der Waals surface area contributed by atoms with Crippen molar-refractivity contribution in [3.63, 3.8) is 0 Å². The van der Waals surface area contributed by atoms with Crippen LogP contribution in [0.15, 0.2) is 24.4 Å². The lowest BCUT2D eigenvalue weighted by atomic mass is 9.75. The average molecular weight is 218 g/mol. The molecule has 1 heterocycles. The summed E-state index contributed by atoms with van der Waals surface area (Å²) in [6, 6.07) is 6.79. The van der Waals surface area contributed by atoms with E-state index in [1.165, 1.54) is 25.7 Å². The minimum atomic E-state index is 0.559. The van der Waals surface area contributed by atoms with Gasteiger partial charge in [0.2, 0.25) is 0 Å². The molecule has 1 N–H and O–H groups in total. The van der Waals surface area contributed by atoms with Gasteiger partial charge in [-0.05, 0) is 43.2 Å². The molecule has 0 amide bonds. The molecule has 1 aliphatic carbocycles. The summed E-state index contributed by atoms with van der Waals surface area (Å²) in [6.07, 6.45) is 7.15. The molecule has 2 nitrogen and oxygen atoms in total. The van der Waals surface area contributed by atoms with Gasteiger partial charge < -0.3 is 5.32 Å². The second-order valence-electron chi connectivity index (χ2n) is 5.64. The number of hydrogen-bond acceptors (Lipinski definition) is 2. The summed E-state index contributed by atoms with van der Waals surface area (Å²) >= 11 is 0. The van der Waals surface area contributed by atoms with Crippen molar-refractivity contribution in [3.05, 3.63) is 30.1 Å². The predicted octanol–water partition coefficient (Wildman–Crippen LogP) is 3.14. The molecule has 0 atom stereocenters. The lowest BCUT2D eigenvalue weighted by Gasteiger charge is -2.34. The van der Waals surface area contributed by atoms with E-state index in [0.717, 1.165) is 12.2 Å². The van der Waals surface area contributed by atoms with E-state index in [0.29, 0.717) is 11.5 Å². The van der Waals surface area contributed by atoms with Crippen LogP contribution in [0.25, 0.3) is 0 Å². The molecule has 16 heavy (non-hydrogen) atoms. The SMILES string of the molecule is CC1(C)CCC(NCc2ccccn2)CC1. The molecule has 0 radical (unpaired) electrons. The molecule has 0 spiro atoms. The smallest absolute Gasteiger partial charge is 0.0541 e. The van der Waals surface area contributed by atoms with Crippen LogP contribution in [-0.2, 0) is 6.54 Å². The van der Waals surface area contributed by atoms with Gasteiger partial charge in [0.15, 0.2) is 0 Å². The van der Waals surface area contributed by atoms with E-state index in [2.05, 4.69) is 30.2 Å². The summed E-state index contributed by atoms with van der Waals surface area (Å²) in [7, 11) is 0. The summed E-state index contributed by atoms with van der Waals surface area (Å²) in [4.78, 5) is 4.33. The van der Waals surface area contributed by atoms with Crippen LogP contribution in [0.1, 0.15) is 45.2 Å². The van der Waals surface area contributed by atoms with E-state index in [1.807, 2.05) is 18.3 Å². The fourth-order valence-electron chi connectivity index (χ4n) is 2.35. The second-order valence-corrected chi connectivity index (χ2v) is 5.64. The minimum absolute atomic E-state index is 0.559. The van der Waals surface area contributed by atoms with E-state index < -0.39 is 0 Å². The van der Waals surface area contributed by atoms with Gasteiger partial charge in [-0.1, -0.05) is 19.9 Å². The van der Waals surface area contributed by atoms with E-state index in [4.69, 9.17) is 0 Å². The zero-order valence-electron chi connectivity index (χ0n) is 10.4. The van der Waals surface area contributed by atoms with Gasteiger partial charge in [0.05, 0.1) is 5.69 Å². The van der Waals surface area contributed by atoms with Crippen molar-refractivity contribution in [3.8, 4) is 0 Å². The highest BCUT2D eigenvalue weighted by Crippen LogP contribution is 2.34. The highest BCUT2D eigenvalue weighted by molar-refractivity contribution is 5.03. The zero-order chi connectivity index (χ0) is 11.4. The van der Waals surface area contributed by atoms with E-state index in [9.17, 15) is 0 Å². The Hall–Kier alpha value is -0.890. The third-order valence-electron chi connectivity index (χ3n) is 3.64. The largest absolute Gasteiger partial charge is 0.308 e. The van der Waals surface area contributed by atoms with Gasteiger partial charge in [-0.2, -0.15) is 0 Å². The number of nitrogens with one attached hydrogen (secondary N) is 1. The third-order valence-corrected chi connectivity index (χ3v) is 3.64. The molecule has 1 aromatic rings. The molecule has 0 aliphatic heterocycles. The number of nitrogens with zero attached hydrogens (tertiary/aromatic N) is 1. The van der Waals surface area contributed by atoms with Crippen LogP contribution in [-0.4, -0.2) is 11.0 Å². The van der Waals surface area contributed by atoms with E-state index >= 15 is 0 Å². The standard InChI is InChI=1S/C14H22N2/c1-14(2)8-6-12(7-9-14)16-11-13-5-3-4-10-15-13/h3-5,10,12,16H,6-9,11H2,1-2H3. The van der Waals surface area contributed by atoms with Gasteiger partial charge >= 0.3 is 0 Å². The van der Waals surface area contributed by atoms with Crippen molar-refractivity contribution in [1.82, 2.24) is 10.3 Å². The Balaban J connectivity index is 1.76. The van der Waals surface area contributed by atoms with Crippen molar-refractivity contribution < 1.29 is 0 Å². The quantitative estimate of drug-likeness (QED) is 0.843. The van der Waals surface area contributed by atoms with Gasteiger partial charge in [-0.3, -0.25) is 4.98 Å². The average Bonchev–Trinajstić information content (AvgIpc) is 2.29. The zero-order valence-corrected chi connectivity index (χ0v) is 10.4. The lowest BCUT2D eigenvalue weighted by Crippen LogP contribution is -2.35. The molecule has 0 aromatic carbocycles. The normalized spacial score (nSPS) is 20.9. The van der Waals surface area contributed by atoms with Gasteiger partial charge in [0.1, 0.15) is 0 Å².